The van der Waals surface area contributed by atoms with E-state index in [-0.39, 0.29) is 33.5 Å². The molecule has 1 aromatic carbocycles. The predicted octanol–water partition coefficient (Wildman–Crippen LogP) is 4.91. The number of rotatable bonds is 7. The van der Waals surface area contributed by atoms with Crippen LogP contribution in [0.3, 0.4) is 0 Å². The molecule has 4 rings (SSSR count). The molecule has 2 heterocycles. The van der Waals surface area contributed by atoms with Gasteiger partial charge >= 0.3 is 6.18 Å². The van der Waals surface area contributed by atoms with Gasteiger partial charge in [0, 0.05) is 30.3 Å². The van der Waals surface area contributed by atoms with Gasteiger partial charge in [-0.3, -0.25) is 4.79 Å². The lowest BCUT2D eigenvalue weighted by atomic mass is 10.0. The van der Waals surface area contributed by atoms with Crippen molar-refractivity contribution < 1.29 is 22.0 Å². The number of aromatic nitrogens is 3. The molecule has 1 atom stereocenters. The number of nitrogens with zero attached hydrogens (tertiary/aromatic N) is 4. The van der Waals surface area contributed by atoms with Crippen molar-refractivity contribution in [3.8, 4) is 0 Å². The van der Waals surface area contributed by atoms with Gasteiger partial charge in [0.2, 0.25) is 5.82 Å². The highest BCUT2D eigenvalue weighted by Gasteiger charge is 2.43. The Balaban J connectivity index is 1.76. The zero-order chi connectivity index (χ0) is 25.7. The Bertz CT molecular complexity index is 1330. The van der Waals surface area contributed by atoms with Crippen molar-refractivity contribution >= 4 is 16.7 Å². The van der Waals surface area contributed by atoms with Crippen LogP contribution in [0.15, 0.2) is 29.2 Å². The standard InChI is InChI=1S/C24H26F5N5O/c1-13(15-6-5-7-17(18(15)25)24(27,28)29)30-21-16-10-34(12-23(8-9-23)11-33(3)4)22(35)19(26)20(16)31-14(2)32-21/h5-7,10,13H,8-9,11-12H2,1-4H3,(H,30,31,32)/t13-/m1/s1. The van der Waals surface area contributed by atoms with Gasteiger partial charge in [-0.1, -0.05) is 12.1 Å². The first kappa shape index (κ1) is 25.0. The summed E-state index contributed by atoms with van der Waals surface area (Å²) in [5.74, 6) is -2.17. The Labute approximate surface area is 198 Å². The third kappa shape index (κ3) is 5.00. The number of anilines is 1. The maximum absolute atomic E-state index is 15.1. The largest absolute Gasteiger partial charge is 0.419 e. The number of nitrogens with one attached hydrogen (secondary N) is 1. The second-order valence-corrected chi connectivity index (χ2v) is 9.57. The molecular formula is C24H26F5N5O. The van der Waals surface area contributed by atoms with Crippen molar-refractivity contribution in [3.63, 3.8) is 0 Å². The highest BCUT2D eigenvalue weighted by atomic mass is 19.4. The molecular weight excluding hydrogens is 469 g/mol. The Morgan fingerprint density at radius 1 is 1.17 bits per heavy atom. The second-order valence-electron chi connectivity index (χ2n) is 9.57. The summed E-state index contributed by atoms with van der Waals surface area (Å²) in [4.78, 5) is 23.1. The van der Waals surface area contributed by atoms with Crippen molar-refractivity contribution in [1.29, 1.82) is 0 Å². The summed E-state index contributed by atoms with van der Waals surface area (Å²) in [6.07, 6.45) is -1.58. The van der Waals surface area contributed by atoms with Crippen molar-refractivity contribution in [1.82, 2.24) is 19.4 Å². The van der Waals surface area contributed by atoms with Gasteiger partial charge in [-0.25, -0.2) is 14.4 Å². The molecule has 1 aliphatic rings. The van der Waals surface area contributed by atoms with Crippen LogP contribution in [-0.2, 0) is 12.7 Å². The zero-order valence-electron chi connectivity index (χ0n) is 19.8. The Morgan fingerprint density at radius 3 is 2.46 bits per heavy atom. The van der Waals surface area contributed by atoms with Crippen LogP contribution < -0.4 is 10.9 Å². The second kappa shape index (κ2) is 8.85. The van der Waals surface area contributed by atoms with Gasteiger partial charge in [-0.05, 0) is 46.9 Å². The van der Waals surface area contributed by atoms with Gasteiger partial charge in [0.25, 0.3) is 5.56 Å². The van der Waals surface area contributed by atoms with Crippen molar-refractivity contribution in [2.75, 3.05) is 26.0 Å². The molecule has 6 nitrogen and oxygen atoms in total. The quantitative estimate of drug-likeness (QED) is 0.472. The van der Waals surface area contributed by atoms with Gasteiger partial charge in [0.1, 0.15) is 23.0 Å². The number of aryl methyl sites for hydroxylation is 1. The van der Waals surface area contributed by atoms with Crippen LogP contribution in [0.25, 0.3) is 10.9 Å². The summed E-state index contributed by atoms with van der Waals surface area (Å²) >= 11 is 0. The number of alkyl halides is 3. The molecule has 0 saturated heterocycles. The third-order valence-corrected chi connectivity index (χ3v) is 6.27. The lowest BCUT2D eigenvalue weighted by Crippen LogP contribution is -2.32. The molecule has 0 unspecified atom stereocenters. The van der Waals surface area contributed by atoms with E-state index in [4.69, 9.17) is 0 Å². The first-order valence-electron chi connectivity index (χ1n) is 11.2. The lowest BCUT2D eigenvalue weighted by Gasteiger charge is -2.22. The highest BCUT2D eigenvalue weighted by Crippen LogP contribution is 2.47. The van der Waals surface area contributed by atoms with Crippen LogP contribution in [0.1, 0.15) is 42.8 Å². The number of fused-ring (bicyclic) bond motifs is 1. The van der Waals surface area contributed by atoms with E-state index in [2.05, 4.69) is 15.3 Å². The monoisotopic (exact) mass is 495 g/mol. The molecule has 0 spiro atoms. The van der Waals surface area contributed by atoms with Crippen LogP contribution in [0.5, 0.6) is 0 Å². The van der Waals surface area contributed by atoms with Crippen LogP contribution in [0.4, 0.5) is 27.8 Å². The molecule has 0 amide bonds. The average Bonchev–Trinajstić information content (AvgIpc) is 3.50. The van der Waals surface area contributed by atoms with E-state index in [9.17, 15) is 22.4 Å². The van der Waals surface area contributed by atoms with E-state index in [0.29, 0.717) is 12.6 Å². The fraction of sp³-hybridized carbons (Fsp3) is 0.458. The molecule has 188 valence electrons. The van der Waals surface area contributed by atoms with Gasteiger partial charge in [-0.15, -0.1) is 0 Å². The first-order chi connectivity index (χ1) is 16.3. The molecule has 3 aromatic rings. The summed E-state index contributed by atoms with van der Waals surface area (Å²) in [6.45, 7) is 4.02. The molecule has 1 fully saturated rings. The summed E-state index contributed by atoms with van der Waals surface area (Å²) in [7, 11) is 3.85. The summed E-state index contributed by atoms with van der Waals surface area (Å²) in [5.41, 5.74) is -2.73. The van der Waals surface area contributed by atoms with Crippen molar-refractivity contribution in [2.45, 2.75) is 45.5 Å². The molecule has 1 saturated carbocycles. The molecule has 1 aliphatic carbocycles. The summed E-state index contributed by atoms with van der Waals surface area (Å²) in [5, 5.41) is 3.08. The average molecular weight is 495 g/mol. The van der Waals surface area contributed by atoms with Gasteiger partial charge in [-0.2, -0.15) is 17.6 Å². The summed E-state index contributed by atoms with van der Waals surface area (Å²) in [6, 6.07) is 2.10. The SMILES string of the molecule is Cc1nc(N[C@H](C)c2cccc(C(F)(F)F)c2F)c2cn(CC3(CN(C)C)CC3)c(=O)c(F)c2n1. The molecule has 2 aromatic heterocycles. The van der Waals surface area contributed by atoms with Gasteiger partial charge < -0.3 is 14.8 Å². The molecule has 35 heavy (non-hydrogen) atoms. The van der Waals surface area contributed by atoms with Gasteiger partial charge in [0.05, 0.1) is 17.0 Å². The number of benzene rings is 1. The number of hydrogen-bond donors (Lipinski definition) is 1. The van der Waals surface area contributed by atoms with E-state index in [1.165, 1.54) is 30.7 Å². The topological polar surface area (TPSA) is 63.1 Å². The fourth-order valence-electron chi connectivity index (χ4n) is 4.50. The smallest absolute Gasteiger partial charge is 0.363 e. The third-order valence-electron chi connectivity index (χ3n) is 6.27. The minimum atomic E-state index is -4.84. The normalized spacial score (nSPS) is 16.1. The van der Waals surface area contributed by atoms with Crippen molar-refractivity contribution in [2.24, 2.45) is 5.41 Å². The van der Waals surface area contributed by atoms with Crippen molar-refractivity contribution in [3.05, 3.63) is 63.3 Å². The molecule has 11 heteroatoms. The van der Waals surface area contributed by atoms with E-state index in [1.807, 2.05) is 19.0 Å². The lowest BCUT2D eigenvalue weighted by molar-refractivity contribution is -0.140. The summed E-state index contributed by atoms with van der Waals surface area (Å²) < 4.78 is 70.6. The van der Waals surface area contributed by atoms with E-state index in [1.54, 1.807) is 0 Å². The highest BCUT2D eigenvalue weighted by molar-refractivity contribution is 5.88. The number of pyridine rings is 1. The first-order valence-corrected chi connectivity index (χ1v) is 11.2. The fourth-order valence-corrected chi connectivity index (χ4v) is 4.50. The molecule has 0 bridgehead atoms. The van der Waals surface area contributed by atoms with E-state index in [0.717, 1.165) is 25.5 Å². The number of halogens is 5. The Hall–Kier alpha value is -3.08. The maximum Gasteiger partial charge on any atom is 0.419 e. The zero-order valence-corrected chi connectivity index (χ0v) is 19.8. The van der Waals surface area contributed by atoms with Crippen LogP contribution in [-0.4, -0.2) is 40.1 Å². The minimum Gasteiger partial charge on any atom is -0.363 e. The molecule has 1 N–H and O–H groups in total. The maximum atomic E-state index is 15.1. The van der Waals surface area contributed by atoms with Crippen LogP contribution in [0, 0.1) is 24.0 Å². The molecule has 0 aliphatic heterocycles. The minimum absolute atomic E-state index is 0.0990. The van der Waals surface area contributed by atoms with Gasteiger partial charge in [0.15, 0.2) is 0 Å². The van der Waals surface area contributed by atoms with E-state index < -0.39 is 35.0 Å². The van der Waals surface area contributed by atoms with Crippen LogP contribution >= 0.6 is 0 Å². The van der Waals surface area contributed by atoms with E-state index >= 15 is 4.39 Å². The number of hydrogen-bond acceptors (Lipinski definition) is 5. The Morgan fingerprint density at radius 2 is 1.86 bits per heavy atom. The Kier molecular flexibility index (Phi) is 6.33. The van der Waals surface area contributed by atoms with Crippen LogP contribution in [0.2, 0.25) is 0 Å². The molecule has 0 radical (unpaired) electrons. The predicted molar refractivity (Wildman–Crippen MR) is 122 cm³/mol.